The molecule has 0 amide bonds. The second kappa shape index (κ2) is 5.89. The van der Waals surface area contributed by atoms with Gasteiger partial charge in [-0.25, -0.2) is 0 Å². The SMILES string of the molecule is CSC(SC)=C1C(=O)c2ccccc2C(C)(CC2CC2)C1=O. The quantitative estimate of drug-likeness (QED) is 0.603. The van der Waals surface area contributed by atoms with E-state index in [1.807, 2.05) is 43.7 Å². The van der Waals surface area contributed by atoms with Crippen molar-refractivity contribution in [1.29, 1.82) is 0 Å². The lowest BCUT2D eigenvalue weighted by atomic mass is 9.65. The average Bonchev–Trinajstić information content (AvgIpc) is 3.33. The standard InChI is InChI=1S/C18H20O2S2/c1-18(10-11-8-9-11)13-7-5-4-6-12(13)15(19)14(16(18)20)17(21-2)22-3/h4-7,11H,8-10H2,1-3H3. The molecule has 0 saturated heterocycles. The third-order valence-electron chi connectivity index (χ3n) is 4.69. The Bertz CT molecular complexity index is 667. The topological polar surface area (TPSA) is 34.1 Å². The maximum Gasteiger partial charge on any atom is 0.198 e. The number of fused-ring (bicyclic) bond motifs is 1. The van der Waals surface area contributed by atoms with Crippen LogP contribution < -0.4 is 0 Å². The highest BCUT2D eigenvalue weighted by Crippen LogP contribution is 2.48. The number of carbonyl (C=O) groups is 2. The molecule has 4 heteroatoms. The summed E-state index contributed by atoms with van der Waals surface area (Å²) in [5.41, 5.74) is 1.47. The van der Waals surface area contributed by atoms with Crippen LogP contribution in [0.4, 0.5) is 0 Å². The number of hydrogen-bond acceptors (Lipinski definition) is 4. The van der Waals surface area contributed by atoms with Gasteiger partial charge >= 0.3 is 0 Å². The number of hydrogen-bond donors (Lipinski definition) is 0. The van der Waals surface area contributed by atoms with Crippen LogP contribution in [0.1, 0.15) is 42.1 Å². The molecule has 1 atom stereocenters. The highest BCUT2D eigenvalue weighted by Gasteiger charge is 2.49. The van der Waals surface area contributed by atoms with Gasteiger partial charge in [0.2, 0.25) is 0 Å². The van der Waals surface area contributed by atoms with Crippen molar-refractivity contribution in [2.24, 2.45) is 5.92 Å². The zero-order valence-electron chi connectivity index (χ0n) is 13.1. The van der Waals surface area contributed by atoms with Gasteiger partial charge in [0.15, 0.2) is 11.6 Å². The highest BCUT2D eigenvalue weighted by atomic mass is 32.2. The predicted octanol–water partition coefficient (Wildman–Crippen LogP) is 4.45. The molecule has 0 N–H and O–H groups in total. The molecule has 1 saturated carbocycles. The number of Topliss-reactive ketones (excluding diaryl/α,β-unsaturated/α-hetero) is 2. The van der Waals surface area contributed by atoms with Crippen LogP contribution in [0.2, 0.25) is 0 Å². The van der Waals surface area contributed by atoms with Crippen LogP contribution in [0.5, 0.6) is 0 Å². The lowest BCUT2D eigenvalue weighted by Gasteiger charge is -2.35. The van der Waals surface area contributed by atoms with E-state index in [-0.39, 0.29) is 11.6 Å². The summed E-state index contributed by atoms with van der Waals surface area (Å²) in [6.07, 6.45) is 7.12. The molecule has 3 rings (SSSR count). The Hall–Kier alpha value is -1.00. The van der Waals surface area contributed by atoms with E-state index in [4.69, 9.17) is 0 Å². The number of thioether (sulfide) groups is 2. The van der Waals surface area contributed by atoms with Crippen molar-refractivity contribution in [3.05, 3.63) is 45.2 Å². The van der Waals surface area contributed by atoms with Gasteiger partial charge in [-0.05, 0) is 37.3 Å². The summed E-state index contributed by atoms with van der Waals surface area (Å²) in [6.45, 7) is 2.02. The molecule has 1 fully saturated rings. The maximum atomic E-state index is 13.2. The zero-order chi connectivity index (χ0) is 15.9. The van der Waals surface area contributed by atoms with Gasteiger partial charge in [-0.3, -0.25) is 9.59 Å². The minimum Gasteiger partial charge on any atom is -0.293 e. The molecule has 2 nitrogen and oxygen atoms in total. The summed E-state index contributed by atoms with van der Waals surface area (Å²) in [5.74, 6) is 0.540. The zero-order valence-corrected chi connectivity index (χ0v) is 14.8. The first-order valence-corrected chi connectivity index (χ1v) is 9.99. The Morgan fingerprint density at radius 3 is 2.41 bits per heavy atom. The van der Waals surface area contributed by atoms with Gasteiger partial charge in [-0.2, -0.15) is 0 Å². The van der Waals surface area contributed by atoms with E-state index in [2.05, 4.69) is 0 Å². The fourth-order valence-corrected chi connectivity index (χ4v) is 4.82. The largest absolute Gasteiger partial charge is 0.293 e. The highest BCUT2D eigenvalue weighted by molar-refractivity contribution is 8.21. The third-order valence-corrected chi connectivity index (χ3v) is 6.84. The Morgan fingerprint density at radius 1 is 1.18 bits per heavy atom. The maximum absolute atomic E-state index is 13.2. The molecule has 22 heavy (non-hydrogen) atoms. The van der Waals surface area contributed by atoms with Crippen LogP contribution in [0.15, 0.2) is 34.1 Å². The number of benzene rings is 1. The van der Waals surface area contributed by atoms with E-state index in [0.29, 0.717) is 17.1 Å². The average molecular weight is 332 g/mol. The molecule has 0 radical (unpaired) electrons. The lowest BCUT2D eigenvalue weighted by molar-refractivity contribution is -0.120. The second-order valence-corrected chi connectivity index (χ2v) is 8.15. The predicted molar refractivity (Wildman–Crippen MR) is 94.5 cm³/mol. The summed E-state index contributed by atoms with van der Waals surface area (Å²) >= 11 is 2.99. The molecular weight excluding hydrogens is 312 g/mol. The van der Waals surface area contributed by atoms with Crippen LogP contribution >= 0.6 is 23.5 Å². The molecule has 1 aromatic carbocycles. The van der Waals surface area contributed by atoms with Crippen LogP contribution in [-0.2, 0) is 10.2 Å². The lowest BCUT2D eigenvalue weighted by Crippen LogP contribution is -2.42. The summed E-state index contributed by atoms with van der Waals surface area (Å²) in [7, 11) is 0. The molecule has 0 heterocycles. The molecule has 2 aliphatic rings. The monoisotopic (exact) mass is 332 g/mol. The molecule has 2 aliphatic carbocycles. The van der Waals surface area contributed by atoms with Crippen LogP contribution in [0.25, 0.3) is 0 Å². The van der Waals surface area contributed by atoms with Crippen molar-refractivity contribution in [3.63, 3.8) is 0 Å². The van der Waals surface area contributed by atoms with Crippen molar-refractivity contribution >= 4 is 35.1 Å². The van der Waals surface area contributed by atoms with Gasteiger partial charge in [-0.15, -0.1) is 23.5 Å². The van der Waals surface area contributed by atoms with Crippen LogP contribution in [-0.4, -0.2) is 24.1 Å². The summed E-state index contributed by atoms with van der Waals surface area (Å²) < 4.78 is 0.839. The van der Waals surface area contributed by atoms with E-state index in [9.17, 15) is 9.59 Å². The number of carbonyl (C=O) groups excluding carboxylic acids is 2. The van der Waals surface area contributed by atoms with Crippen LogP contribution in [0, 0.1) is 5.92 Å². The first-order chi connectivity index (χ1) is 10.5. The third kappa shape index (κ3) is 2.46. The smallest absolute Gasteiger partial charge is 0.198 e. The molecule has 1 aromatic rings. The van der Waals surface area contributed by atoms with Crippen molar-refractivity contribution < 1.29 is 9.59 Å². The van der Waals surface area contributed by atoms with Gasteiger partial charge in [0.25, 0.3) is 0 Å². The Balaban J connectivity index is 2.22. The number of allylic oxidation sites excluding steroid dienone is 1. The number of ketones is 2. The van der Waals surface area contributed by atoms with Crippen LogP contribution in [0.3, 0.4) is 0 Å². The van der Waals surface area contributed by atoms with E-state index >= 15 is 0 Å². The van der Waals surface area contributed by atoms with Crippen molar-refractivity contribution in [2.45, 2.75) is 31.6 Å². The molecule has 116 valence electrons. The Labute approximate surface area is 140 Å². The fraction of sp³-hybridized carbons (Fsp3) is 0.444. The second-order valence-electron chi connectivity index (χ2n) is 6.25. The Morgan fingerprint density at radius 2 is 1.82 bits per heavy atom. The van der Waals surface area contributed by atoms with Gasteiger partial charge in [0.1, 0.15) is 0 Å². The van der Waals surface area contributed by atoms with Gasteiger partial charge < -0.3 is 0 Å². The first-order valence-electron chi connectivity index (χ1n) is 7.54. The molecular formula is C18H20O2S2. The molecule has 0 bridgehead atoms. The van der Waals surface area contributed by atoms with Crippen molar-refractivity contribution in [2.75, 3.05) is 12.5 Å². The molecule has 1 unspecified atom stereocenters. The van der Waals surface area contributed by atoms with E-state index in [1.54, 1.807) is 0 Å². The van der Waals surface area contributed by atoms with Crippen molar-refractivity contribution in [3.8, 4) is 0 Å². The van der Waals surface area contributed by atoms with E-state index in [0.717, 1.165) is 16.2 Å². The Kier molecular flexibility index (Phi) is 4.25. The molecule has 0 aliphatic heterocycles. The van der Waals surface area contributed by atoms with E-state index < -0.39 is 5.41 Å². The van der Waals surface area contributed by atoms with Gasteiger partial charge in [0, 0.05) is 5.56 Å². The normalized spacial score (nSPS) is 24.4. The van der Waals surface area contributed by atoms with E-state index in [1.165, 1.54) is 36.4 Å². The number of rotatable bonds is 4. The molecule has 0 aromatic heterocycles. The fourth-order valence-electron chi connectivity index (χ4n) is 3.37. The first kappa shape index (κ1) is 15.9. The molecule has 0 spiro atoms. The summed E-state index contributed by atoms with van der Waals surface area (Å²) in [4.78, 5) is 26.1. The summed E-state index contributed by atoms with van der Waals surface area (Å²) in [5, 5.41) is 0. The van der Waals surface area contributed by atoms with Gasteiger partial charge in [-0.1, -0.05) is 37.1 Å². The minimum atomic E-state index is -0.558. The van der Waals surface area contributed by atoms with Gasteiger partial charge in [0.05, 0.1) is 15.2 Å². The van der Waals surface area contributed by atoms with Crippen molar-refractivity contribution in [1.82, 2.24) is 0 Å². The summed E-state index contributed by atoms with van der Waals surface area (Å²) in [6, 6.07) is 7.65. The minimum absolute atomic E-state index is 0.0156.